The fourth-order valence-electron chi connectivity index (χ4n) is 2.06. The maximum atomic E-state index is 12.1. The standard InChI is InChI=1S/C16H26N2O3/c1-11(6-5-7-12(2)17)16(19)18-13-8-9-14(20-3)15(10-13)21-4/h8-12H,5-7,17H2,1-4H3,(H,18,19). The smallest absolute Gasteiger partial charge is 0.227 e. The number of carbonyl (C=O) groups is 1. The molecule has 2 unspecified atom stereocenters. The molecule has 1 rings (SSSR count). The summed E-state index contributed by atoms with van der Waals surface area (Å²) in [5.41, 5.74) is 6.42. The van der Waals surface area contributed by atoms with E-state index in [1.807, 2.05) is 13.8 Å². The van der Waals surface area contributed by atoms with E-state index in [0.717, 1.165) is 19.3 Å². The van der Waals surface area contributed by atoms with Gasteiger partial charge in [0, 0.05) is 23.7 Å². The predicted molar refractivity (Wildman–Crippen MR) is 84.8 cm³/mol. The summed E-state index contributed by atoms with van der Waals surface area (Å²) < 4.78 is 10.4. The van der Waals surface area contributed by atoms with Crippen LogP contribution in [0.25, 0.3) is 0 Å². The highest BCUT2D eigenvalue weighted by Gasteiger charge is 2.14. The highest BCUT2D eigenvalue weighted by atomic mass is 16.5. The molecule has 1 amide bonds. The van der Waals surface area contributed by atoms with Gasteiger partial charge in [-0.05, 0) is 31.9 Å². The number of amides is 1. The Morgan fingerprint density at radius 1 is 1.19 bits per heavy atom. The first-order chi connectivity index (χ1) is 9.97. The fraction of sp³-hybridized carbons (Fsp3) is 0.562. The molecule has 0 fully saturated rings. The van der Waals surface area contributed by atoms with Crippen molar-refractivity contribution in [2.45, 2.75) is 39.2 Å². The number of hydrogen-bond donors (Lipinski definition) is 2. The summed E-state index contributed by atoms with van der Waals surface area (Å²) in [5, 5.41) is 2.90. The monoisotopic (exact) mass is 294 g/mol. The van der Waals surface area contributed by atoms with E-state index in [4.69, 9.17) is 15.2 Å². The quantitative estimate of drug-likeness (QED) is 0.773. The number of anilines is 1. The van der Waals surface area contributed by atoms with Crippen molar-refractivity contribution in [3.63, 3.8) is 0 Å². The first kappa shape index (κ1) is 17.3. The minimum Gasteiger partial charge on any atom is -0.493 e. The number of benzene rings is 1. The van der Waals surface area contributed by atoms with Gasteiger partial charge in [-0.1, -0.05) is 13.3 Å². The van der Waals surface area contributed by atoms with Crippen molar-refractivity contribution >= 4 is 11.6 Å². The van der Waals surface area contributed by atoms with E-state index in [1.54, 1.807) is 32.4 Å². The summed E-state index contributed by atoms with van der Waals surface area (Å²) in [7, 11) is 3.15. The van der Waals surface area contributed by atoms with E-state index in [1.165, 1.54) is 0 Å². The Balaban J connectivity index is 2.57. The lowest BCUT2D eigenvalue weighted by Gasteiger charge is -2.14. The average Bonchev–Trinajstić information content (AvgIpc) is 2.46. The number of nitrogens with one attached hydrogen (secondary N) is 1. The molecule has 2 atom stereocenters. The highest BCUT2D eigenvalue weighted by molar-refractivity contribution is 5.92. The van der Waals surface area contributed by atoms with Crippen LogP contribution >= 0.6 is 0 Å². The van der Waals surface area contributed by atoms with Crippen molar-refractivity contribution < 1.29 is 14.3 Å². The summed E-state index contributed by atoms with van der Waals surface area (Å²) in [6.07, 6.45) is 2.73. The number of methoxy groups -OCH3 is 2. The molecule has 0 aliphatic heterocycles. The lowest BCUT2D eigenvalue weighted by Crippen LogP contribution is -2.21. The van der Waals surface area contributed by atoms with Crippen LogP contribution in [0, 0.1) is 5.92 Å². The van der Waals surface area contributed by atoms with E-state index < -0.39 is 0 Å². The molecule has 0 saturated carbocycles. The highest BCUT2D eigenvalue weighted by Crippen LogP contribution is 2.30. The molecule has 0 bridgehead atoms. The normalized spacial score (nSPS) is 13.4. The SMILES string of the molecule is COc1ccc(NC(=O)C(C)CCCC(C)N)cc1OC. The number of rotatable bonds is 8. The molecule has 21 heavy (non-hydrogen) atoms. The molecule has 0 heterocycles. The second-order valence-electron chi connectivity index (χ2n) is 5.37. The van der Waals surface area contributed by atoms with Crippen molar-refractivity contribution in [3.05, 3.63) is 18.2 Å². The minimum atomic E-state index is -0.0446. The van der Waals surface area contributed by atoms with Gasteiger partial charge < -0.3 is 20.5 Å². The van der Waals surface area contributed by atoms with Crippen LogP contribution < -0.4 is 20.5 Å². The fourth-order valence-corrected chi connectivity index (χ4v) is 2.06. The Bertz CT molecular complexity index is 461. The zero-order chi connectivity index (χ0) is 15.8. The van der Waals surface area contributed by atoms with E-state index in [2.05, 4.69) is 5.32 Å². The number of nitrogens with two attached hydrogens (primary N) is 1. The first-order valence-corrected chi connectivity index (χ1v) is 7.26. The van der Waals surface area contributed by atoms with E-state index in [-0.39, 0.29) is 17.9 Å². The van der Waals surface area contributed by atoms with Crippen molar-refractivity contribution in [1.29, 1.82) is 0 Å². The molecule has 118 valence electrons. The minimum absolute atomic E-state index is 0.00638. The number of hydrogen-bond acceptors (Lipinski definition) is 4. The molecular weight excluding hydrogens is 268 g/mol. The first-order valence-electron chi connectivity index (χ1n) is 7.26. The molecule has 0 aliphatic rings. The van der Waals surface area contributed by atoms with Crippen LogP contribution in [0.3, 0.4) is 0 Å². The third-order valence-electron chi connectivity index (χ3n) is 3.40. The van der Waals surface area contributed by atoms with Crippen LogP contribution in [0.5, 0.6) is 11.5 Å². The zero-order valence-electron chi connectivity index (χ0n) is 13.3. The van der Waals surface area contributed by atoms with Gasteiger partial charge in [-0.3, -0.25) is 4.79 Å². The molecule has 0 aromatic heterocycles. The van der Waals surface area contributed by atoms with Gasteiger partial charge in [-0.2, -0.15) is 0 Å². The van der Waals surface area contributed by atoms with Gasteiger partial charge in [0.25, 0.3) is 0 Å². The summed E-state index contributed by atoms with van der Waals surface area (Å²) in [6.45, 7) is 3.91. The lowest BCUT2D eigenvalue weighted by atomic mass is 10.0. The molecule has 1 aromatic carbocycles. The van der Waals surface area contributed by atoms with Gasteiger partial charge in [-0.25, -0.2) is 0 Å². The third-order valence-corrected chi connectivity index (χ3v) is 3.40. The predicted octanol–water partition coefficient (Wildman–Crippen LogP) is 2.80. The Hall–Kier alpha value is -1.75. The summed E-state index contributed by atoms with van der Waals surface area (Å²) in [5.74, 6) is 1.20. The van der Waals surface area contributed by atoms with Crippen molar-refractivity contribution in [3.8, 4) is 11.5 Å². The second kappa shape index (κ2) is 8.52. The lowest BCUT2D eigenvalue weighted by molar-refractivity contribution is -0.119. The maximum absolute atomic E-state index is 12.1. The average molecular weight is 294 g/mol. The molecule has 3 N–H and O–H groups in total. The van der Waals surface area contributed by atoms with Gasteiger partial charge in [0.15, 0.2) is 11.5 Å². The number of ether oxygens (including phenoxy) is 2. The Labute approximate surface area is 126 Å². The van der Waals surface area contributed by atoms with Crippen LogP contribution in [0.15, 0.2) is 18.2 Å². The summed E-state index contributed by atoms with van der Waals surface area (Å²) in [4.78, 5) is 12.1. The van der Waals surface area contributed by atoms with Crippen molar-refractivity contribution in [2.75, 3.05) is 19.5 Å². The molecule has 1 aromatic rings. The van der Waals surface area contributed by atoms with E-state index in [0.29, 0.717) is 17.2 Å². The van der Waals surface area contributed by atoms with Gasteiger partial charge >= 0.3 is 0 Å². The van der Waals surface area contributed by atoms with Crippen molar-refractivity contribution in [2.24, 2.45) is 11.7 Å². The molecule has 5 nitrogen and oxygen atoms in total. The van der Waals surface area contributed by atoms with Crippen LogP contribution in [-0.2, 0) is 4.79 Å². The zero-order valence-corrected chi connectivity index (χ0v) is 13.3. The van der Waals surface area contributed by atoms with Gasteiger partial charge in [0.05, 0.1) is 14.2 Å². The number of carbonyl (C=O) groups excluding carboxylic acids is 1. The topological polar surface area (TPSA) is 73.6 Å². The van der Waals surface area contributed by atoms with E-state index >= 15 is 0 Å². The van der Waals surface area contributed by atoms with Gasteiger partial charge in [0.1, 0.15) is 0 Å². The Kier molecular flexibility index (Phi) is 7.02. The van der Waals surface area contributed by atoms with Crippen LogP contribution in [0.1, 0.15) is 33.1 Å². The summed E-state index contributed by atoms with van der Waals surface area (Å²) >= 11 is 0. The second-order valence-corrected chi connectivity index (χ2v) is 5.37. The largest absolute Gasteiger partial charge is 0.493 e. The molecular formula is C16H26N2O3. The van der Waals surface area contributed by atoms with Crippen molar-refractivity contribution in [1.82, 2.24) is 0 Å². The molecule has 5 heteroatoms. The summed E-state index contributed by atoms with van der Waals surface area (Å²) in [6, 6.07) is 5.51. The van der Waals surface area contributed by atoms with Gasteiger partial charge in [0.2, 0.25) is 5.91 Å². The van der Waals surface area contributed by atoms with E-state index in [9.17, 15) is 4.79 Å². The van der Waals surface area contributed by atoms with Crippen LogP contribution in [-0.4, -0.2) is 26.2 Å². The Morgan fingerprint density at radius 2 is 1.86 bits per heavy atom. The molecule has 0 spiro atoms. The Morgan fingerprint density at radius 3 is 2.43 bits per heavy atom. The third kappa shape index (κ3) is 5.63. The van der Waals surface area contributed by atoms with Crippen LogP contribution in [0.2, 0.25) is 0 Å². The van der Waals surface area contributed by atoms with Crippen LogP contribution in [0.4, 0.5) is 5.69 Å². The maximum Gasteiger partial charge on any atom is 0.227 e. The van der Waals surface area contributed by atoms with Gasteiger partial charge in [-0.15, -0.1) is 0 Å². The molecule has 0 aliphatic carbocycles. The molecule has 0 radical (unpaired) electrons. The molecule has 0 saturated heterocycles.